The third-order valence-corrected chi connectivity index (χ3v) is 5.94. The lowest BCUT2D eigenvalue weighted by Crippen LogP contribution is -2.48. The van der Waals surface area contributed by atoms with Crippen molar-refractivity contribution < 1.29 is 23.4 Å². The number of carboxylic acid groups (broad SMARTS) is 1. The topological polar surface area (TPSA) is 104 Å². The predicted octanol–water partition coefficient (Wildman–Crippen LogP) is 1.03. The van der Waals surface area contributed by atoms with Crippen molar-refractivity contribution >= 4 is 27.3 Å². The van der Waals surface area contributed by atoms with E-state index in [4.69, 9.17) is 5.11 Å². The maximum atomic E-state index is 12.2. The number of aliphatic hydroxyl groups is 1. The fourth-order valence-corrected chi connectivity index (χ4v) is 4.82. The molecule has 1 aromatic rings. The second-order valence-corrected chi connectivity index (χ2v) is 7.30. The molecule has 1 heterocycles. The lowest BCUT2D eigenvalue weighted by Gasteiger charge is -2.27. The molecule has 19 heavy (non-hydrogen) atoms. The van der Waals surface area contributed by atoms with Crippen LogP contribution in [0.1, 0.15) is 35.4 Å². The van der Waals surface area contributed by atoms with Gasteiger partial charge in [0.25, 0.3) is 0 Å². The molecule has 8 heteroatoms. The molecule has 0 unspecified atom stereocenters. The number of nitrogens with one attached hydrogen (secondary N) is 1. The summed E-state index contributed by atoms with van der Waals surface area (Å²) in [5.41, 5.74) is -0.801. The van der Waals surface area contributed by atoms with E-state index in [0.29, 0.717) is 12.8 Å². The van der Waals surface area contributed by atoms with E-state index in [1.54, 1.807) is 0 Å². The summed E-state index contributed by atoms with van der Waals surface area (Å²) in [5, 5.41) is 19.5. The van der Waals surface area contributed by atoms with Gasteiger partial charge in [-0.25, -0.2) is 17.9 Å². The van der Waals surface area contributed by atoms with Gasteiger partial charge in [-0.05, 0) is 18.9 Å². The predicted molar refractivity (Wildman–Crippen MR) is 69.9 cm³/mol. The summed E-state index contributed by atoms with van der Waals surface area (Å²) < 4.78 is 26.9. The molecule has 1 aliphatic rings. The molecule has 1 aliphatic carbocycles. The second kappa shape index (κ2) is 5.20. The van der Waals surface area contributed by atoms with Crippen molar-refractivity contribution in [2.45, 2.75) is 36.1 Å². The third-order valence-electron chi connectivity index (χ3n) is 3.31. The number of thiophene rings is 1. The van der Waals surface area contributed by atoms with Gasteiger partial charge in [-0.15, -0.1) is 11.3 Å². The summed E-state index contributed by atoms with van der Waals surface area (Å²) in [6.45, 7) is -0.248. The monoisotopic (exact) mass is 305 g/mol. The van der Waals surface area contributed by atoms with Crippen LogP contribution in [0, 0.1) is 0 Å². The maximum Gasteiger partial charge on any atom is 0.345 e. The lowest BCUT2D eigenvalue weighted by atomic mass is 10.0. The van der Waals surface area contributed by atoms with Crippen LogP contribution in [0.3, 0.4) is 0 Å². The maximum absolute atomic E-state index is 12.2. The molecule has 2 rings (SSSR count). The lowest BCUT2D eigenvalue weighted by molar-refractivity contribution is 0.0702. The van der Waals surface area contributed by atoms with Crippen LogP contribution in [0.5, 0.6) is 0 Å². The minimum Gasteiger partial charge on any atom is -0.477 e. The molecule has 0 amide bonds. The number of carbonyl (C=O) groups is 1. The number of hydrogen-bond donors (Lipinski definition) is 3. The fraction of sp³-hybridized carbons (Fsp3) is 0.545. The number of aromatic carboxylic acids is 1. The first kappa shape index (κ1) is 14.4. The number of carboxylic acids is 1. The van der Waals surface area contributed by atoms with E-state index in [9.17, 15) is 18.3 Å². The molecule has 0 spiro atoms. The zero-order valence-electron chi connectivity index (χ0n) is 10.1. The molecule has 1 fully saturated rings. The molecule has 0 saturated heterocycles. The molecular weight excluding hydrogens is 290 g/mol. The normalized spacial score (nSPS) is 18.6. The highest BCUT2D eigenvalue weighted by molar-refractivity contribution is 7.89. The summed E-state index contributed by atoms with van der Waals surface area (Å²) in [7, 11) is -3.79. The molecule has 6 nitrogen and oxygen atoms in total. The van der Waals surface area contributed by atoms with Gasteiger partial charge < -0.3 is 10.2 Å². The van der Waals surface area contributed by atoms with E-state index in [1.807, 2.05) is 0 Å². The average molecular weight is 305 g/mol. The van der Waals surface area contributed by atoms with Crippen molar-refractivity contribution in [3.05, 3.63) is 16.3 Å². The Kier molecular flexibility index (Phi) is 3.95. The molecule has 1 aromatic heterocycles. The van der Waals surface area contributed by atoms with Crippen LogP contribution in [0.2, 0.25) is 0 Å². The van der Waals surface area contributed by atoms with Crippen LogP contribution >= 0.6 is 11.3 Å². The first-order valence-corrected chi connectivity index (χ1v) is 8.21. The van der Waals surface area contributed by atoms with Crippen molar-refractivity contribution in [3.8, 4) is 0 Å². The molecule has 0 aliphatic heterocycles. The molecule has 3 N–H and O–H groups in total. The van der Waals surface area contributed by atoms with Crippen LogP contribution in [0.25, 0.3) is 0 Å². The first-order valence-electron chi connectivity index (χ1n) is 5.85. The Morgan fingerprint density at radius 2 is 2.05 bits per heavy atom. The van der Waals surface area contributed by atoms with Gasteiger partial charge in [0, 0.05) is 5.38 Å². The Balaban J connectivity index is 2.24. The zero-order valence-corrected chi connectivity index (χ0v) is 11.8. The molecular formula is C11H15NO5S2. The van der Waals surface area contributed by atoms with Crippen LogP contribution in [-0.2, 0) is 10.0 Å². The highest BCUT2D eigenvalue weighted by atomic mass is 32.2. The van der Waals surface area contributed by atoms with E-state index < -0.39 is 21.5 Å². The van der Waals surface area contributed by atoms with E-state index >= 15 is 0 Å². The van der Waals surface area contributed by atoms with E-state index in [2.05, 4.69) is 4.72 Å². The number of rotatable bonds is 5. The largest absolute Gasteiger partial charge is 0.477 e. The summed E-state index contributed by atoms with van der Waals surface area (Å²) in [5.74, 6) is -1.15. The molecule has 0 bridgehead atoms. The van der Waals surface area contributed by atoms with Crippen LogP contribution in [0.4, 0.5) is 0 Å². The van der Waals surface area contributed by atoms with Gasteiger partial charge in [-0.3, -0.25) is 0 Å². The number of sulfonamides is 1. The summed E-state index contributed by atoms with van der Waals surface area (Å²) in [4.78, 5) is 10.7. The fourth-order valence-electron chi connectivity index (χ4n) is 2.26. The molecule has 0 aromatic carbocycles. The van der Waals surface area contributed by atoms with Crippen molar-refractivity contribution in [1.82, 2.24) is 4.72 Å². The summed E-state index contributed by atoms with van der Waals surface area (Å²) >= 11 is 0.868. The Hall–Kier alpha value is -0.960. The zero-order chi connectivity index (χ0) is 14.1. The number of aliphatic hydroxyl groups excluding tert-OH is 1. The summed E-state index contributed by atoms with van der Waals surface area (Å²) in [6.07, 6.45) is 2.93. The Bertz CT molecular complexity index is 572. The van der Waals surface area contributed by atoms with Crippen molar-refractivity contribution in [3.63, 3.8) is 0 Å². The molecule has 1 saturated carbocycles. The van der Waals surface area contributed by atoms with Gasteiger partial charge in [0.05, 0.1) is 17.0 Å². The van der Waals surface area contributed by atoms with Gasteiger partial charge in [-0.2, -0.15) is 0 Å². The van der Waals surface area contributed by atoms with Crippen molar-refractivity contribution in [2.75, 3.05) is 6.61 Å². The smallest absolute Gasteiger partial charge is 0.345 e. The van der Waals surface area contributed by atoms with Gasteiger partial charge in [0.15, 0.2) is 0 Å². The van der Waals surface area contributed by atoms with E-state index in [0.717, 1.165) is 30.2 Å². The third kappa shape index (κ3) is 2.97. The van der Waals surface area contributed by atoms with Crippen molar-refractivity contribution in [2.24, 2.45) is 0 Å². The highest BCUT2D eigenvalue weighted by Crippen LogP contribution is 2.31. The second-order valence-electron chi connectivity index (χ2n) is 4.70. The van der Waals surface area contributed by atoms with Gasteiger partial charge in [0.1, 0.15) is 4.88 Å². The molecule has 0 radical (unpaired) electrons. The van der Waals surface area contributed by atoms with Crippen molar-refractivity contribution in [1.29, 1.82) is 0 Å². The van der Waals surface area contributed by atoms with Gasteiger partial charge >= 0.3 is 5.97 Å². The van der Waals surface area contributed by atoms with Gasteiger partial charge in [-0.1, -0.05) is 12.8 Å². The van der Waals surface area contributed by atoms with E-state index in [1.165, 1.54) is 5.38 Å². The molecule has 0 atom stereocenters. The van der Waals surface area contributed by atoms with Crippen LogP contribution < -0.4 is 4.72 Å². The van der Waals surface area contributed by atoms with Gasteiger partial charge in [0.2, 0.25) is 10.0 Å². The minimum atomic E-state index is -3.79. The quantitative estimate of drug-likeness (QED) is 0.754. The van der Waals surface area contributed by atoms with E-state index in [-0.39, 0.29) is 16.4 Å². The van der Waals surface area contributed by atoms with Crippen LogP contribution in [0.15, 0.2) is 16.3 Å². The SMILES string of the molecule is O=C(O)c1cc(S(=O)(=O)NC2(CO)CCCC2)cs1. The summed E-state index contributed by atoms with van der Waals surface area (Å²) in [6, 6.07) is 1.13. The highest BCUT2D eigenvalue weighted by Gasteiger charge is 2.37. The standard InChI is InChI=1S/C11H15NO5S2/c13-7-11(3-1-2-4-11)12-19(16,17)8-5-9(10(14)15)18-6-8/h5-6,12-13H,1-4,7H2,(H,14,15). The Morgan fingerprint density at radius 1 is 1.42 bits per heavy atom. The van der Waals surface area contributed by atoms with Crippen LogP contribution in [-0.4, -0.2) is 36.7 Å². The minimum absolute atomic E-state index is 0.0233. The first-order chi connectivity index (χ1) is 8.88. The Morgan fingerprint density at radius 3 is 2.53 bits per heavy atom. The Labute approximate surface area is 115 Å². The number of hydrogen-bond acceptors (Lipinski definition) is 5. The average Bonchev–Trinajstić information content (AvgIpc) is 2.96. The molecule has 106 valence electrons.